The molecule has 2 heterocycles. The number of furan rings is 1. The van der Waals surface area contributed by atoms with Crippen LogP contribution in [0.4, 0.5) is 0 Å². The predicted octanol–water partition coefficient (Wildman–Crippen LogP) is 4.31. The summed E-state index contributed by atoms with van der Waals surface area (Å²) in [6, 6.07) is 7.19. The van der Waals surface area contributed by atoms with E-state index < -0.39 is 6.10 Å². The third kappa shape index (κ3) is 3.49. The van der Waals surface area contributed by atoms with Gasteiger partial charge >= 0.3 is 0 Å². The van der Waals surface area contributed by atoms with Crippen LogP contribution < -0.4 is 4.74 Å². The molecule has 142 valence electrons. The number of para-hydroxylation sites is 1. The first-order valence-electron chi connectivity index (χ1n) is 10.2. The first kappa shape index (κ1) is 17.9. The van der Waals surface area contributed by atoms with Crippen LogP contribution in [0.2, 0.25) is 0 Å². The standard InChI is InChI=1S/C22H31NO3/c1-15-7-5-8-16(2)23(15)13-17(24)14-25-21-12-6-10-19-18-9-3-4-11-20(18)26-22(19)21/h6,10,12,15-17,24H,3-5,7-9,11,13-14H2,1-2H3/t15-,16-,17+/m1/s1. The van der Waals surface area contributed by atoms with Gasteiger partial charge in [0, 0.05) is 36.0 Å². The molecular weight excluding hydrogens is 326 g/mol. The first-order valence-corrected chi connectivity index (χ1v) is 10.2. The van der Waals surface area contributed by atoms with E-state index in [2.05, 4.69) is 24.8 Å². The molecule has 0 bridgehead atoms. The minimum atomic E-state index is -0.488. The number of aryl methyl sites for hydroxylation is 2. The lowest BCUT2D eigenvalue weighted by Crippen LogP contribution is -2.48. The average Bonchev–Trinajstić information content (AvgIpc) is 3.02. The van der Waals surface area contributed by atoms with Crippen LogP contribution in [0.25, 0.3) is 11.0 Å². The SMILES string of the molecule is C[C@@H]1CCC[C@@H](C)N1C[C@H](O)COc1cccc2c3c(oc12)CCCC3. The van der Waals surface area contributed by atoms with Crippen LogP contribution >= 0.6 is 0 Å². The van der Waals surface area contributed by atoms with Crippen molar-refractivity contribution in [3.05, 3.63) is 29.5 Å². The topological polar surface area (TPSA) is 45.8 Å². The first-order chi connectivity index (χ1) is 12.6. The van der Waals surface area contributed by atoms with Crippen molar-refractivity contribution < 1.29 is 14.3 Å². The van der Waals surface area contributed by atoms with E-state index in [1.165, 1.54) is 43.1 Å². The van der Waals surface area contributed by atoms with Crippen LogP contribution in [0.15, 0.2) is 22.6 Å². The second-order valence-corrected chi connectivity index (χ2v) is 8.13. The summed E-state index contributed by atoms with van der Waals surface area (Å²) < 4.78 is 12.1. The third-order valence-electron chi connectivity index (χ3n) is 6.18. The molecule has 0 radical (unpaired) electrons. The second-order valence-electron chi connectivity index (χ2n) is 8.13. The van der Waals surface area contributed by atoms with Gasteiger partial charge in [0.15, 0.2) is 11.3 Å². The second kappa shape index (κ2) is 7.61. The van der Waals surface area contributed by atoms with Crippen molar-refractivity contribution in [3.8, 4) is 5.75 Å². The molecule has 1 saturated heterocycles. The highest BCUT2D eigenvalue weighted by atomic mass is 16.5. The summed E-state index contributed by atoms with van der Waals surface area (Å²) >= 11 is 0. The van der Waals surface area contributed by atoms with Gasteiger partial charge in [-0.2, -0.15) is 0 Å². The lowest BCUT2D eigenvalue weighted by Gasteiger charge is -2.40. The zero-order valence-electron chi connectivity index (χ0n) is 16.0. The largest absolute Gasteiger partial charge is 0.487 e. The van der Waals surface area contributed by atoms with E-state index in [0.29, 0.717) is 25.2 Å². The zero-order valence-corrected chi connectivity index (χ0v) is 16.0. The number of aliphatic hydroxyl groups is 1. The van der Waals surface area contributed by atoms with E-state index in [9.17, 15) is 5.11 Å². The van der Waals surface area contributed by atoms with Crippen LogP contribution in [-0.2, 0) is 12.8 Å². The molecule has 1 aromatic carbocycles. The maximum atomic E-state index is 10.5. The summed E-state index contributed by atoms with van der Waals surface area (Å²) in [7, 11) is 0. The number of benzene rings is 1. The van der Waals surface area contributed by atoms with Gasteiger partial charge in [0.05, 0.1) is 0 Å². The summed E-state index contributed by atoms with van der Waals surface area (Å²) in [5, 5.41) is 11.7. The van der Waals surface area contributed by atoms with Gasteiger partial charge in [-0.15, -0.1) is 0 Å². The Morgan fingerprint density at radius 2 is 1.92 bits per heavy atom. The Hall–Kier alpha value is -1.52. The number of fused-ring (bicyclic) bond motifs is 3. The van der Waals surface area contributed by atoms with Crippen molar-refractivity contribution in [3.63, 3.8) is 0 Å². The molecule has 0 spiro atoms. The van der Waals surface area contributed by atoms with Gasteiger partial charge in [-0.25, -0.2) is 0 Å². The predicted molar refractivity (Wildman–Crippen MR) is 104 cm³/mol. The molecule has 1 aliphatic carbocycles. The monoisotopic (exact) mass is 357 g/mol. The van der Waals surface area contributed by atoms with E-state index in [1.54, 1.807) is 0 Å². The zero-order chi connectivity index (χ0) is 18.1. The van der Waals surface area contributed by atoms with Gasteiger partial charge < -0.3 is 14.3 Å². The number of ether oxygens (including phenoxy) is 1. The van der Waals surface area contributed by atoms with Crippen molar-refractivity contribution >= 4 is 11.0 Å². The highest BCUT2D eigenvalue weighted by Gasteiger charge is 2.27. The van der Waals surface area contributed by atoms with Crippen LogP contribution in [0.1, 0.15) is 57.3 Å². The molecule has 3 atom stereocenters. The summed E-state index contributed by atoms with van der Waals surface area (Å²) in [4.78, 5) is 2.42. The van der Waals surface area contributed by atoms with Crippen molar-refractivity contribution in [1.82, 2.24) is 4.90 Å². The third-order valence-corrected chi connectivity index (χ3v) is 6.18. The van der Waals surface area contributed by atoms with E-state index in [4.69, 9.17) is 9.15 Å². The average molecular weight is 357 g/mol. The van der Waals surface area contributed by atoms with Gasteiger partial charge in [-0.1, -0.05) is 18.6 Å². The Bertz CT molecular complexity index is 743. The number of nitrogens with zero attached hydrogens (tertiary/aromatic N) is 1. The fourth-order valence-corrected chi connectivity index (χ4v) is 4.69. The Balaban J connectivity index is 1.43. The summed E-state index contributed by atoms with van der Waals surface area (Å²) in [5.74, 6) is 1.88. The highest BCUT2D eigenvalue weighted by molar-refractivity contribution is 5.87. The minimum absolute atomic E-state index is 0.306. The van der Waals surface area contributed by atoms with Crippen LogP contribution in [0.3, 0.4) is 0 Å². The van der Waals surface area contributed by atoms with Gasteiger partial charge in [0.2, 0.25) is 0 Å². The lowest BCUT2D eigenvalue weighted by atomic mass is 9.96. The number of rotatable bonds is 5. The maximum Gasteiger partial charge on any atom is 0.176 e. The van der Waals surface area contributed by atoms with E-state index >= 15 is 0 Å². The van der Waals surface area contributed by atoms with Gasteiger partial charge in [-0.05, 0) is 52.0 Å². The number of β-amino-alcohol motifs (C(OH)–C–C–N with tert-alkyl or cyclic N) is 1. The summed E-state index contributed by atoms with van der Waals surface area (Å²) in [6.45, 7) is 5.50. The molecular formula is C22H31NO3. The Morgan fingerprint density at radius 1 is 1.15 bits per heavy atom. The highest BCUT2D eigenvalue weighted by Crippen LogP contribution is 2.36. The molecule has 1 N–H and O–H groups in total. The number of likely N-dealkylation sites (tertiary alicyclic amines) is 1. The molecule has 4 heteroatoms. The molecule has 2 aliphatic rings. The van der Waals surface area contributed by atoms with E-state index in [-0.39, 0.29) is 0 Å². The molecule has 0 saturated carbocycles. The Labute approximate surface area is 156 Å². The normalized spacial score (nSPS) is 25.2. The number of piperidine rings is 1. The van der Waals surface area contributed by atoms with Crippen LogP contribution in [0, 0.1) is 0 Å². The molecule has 4 rings (SSSR count). The number of hydrogen-bond acceptors (Lipinski definition) is 4. The van der Waals surface area contributed by atoms with Crippen LogP contribution in [-0.4, -0.2) is 41.3 Å². The van der Waals surface area contributed by atoms with Gasteiger partial charge in [0.25, 0.3) is 0 Å². The maximum absolute atomic E-state index is 10.5. The summed E-state index contributed by atoms with van der Waals surface area (Å²) in [5.41, 5.74) is 2.21. The van der Waals surface area contributed by atoms with Crippen molar-refractivity contribution in [2.45, 2.75) is 77.0 Å². The molecule has 4 nitrogen and oxygen atoms in total. The number of hydrogen-bond donors (Lipinski definition) is 1. The van der Waals surface area contributed by atoms with Crippen LogP contribution in [0.5, 0.6) is 5.75 Å². The number of aliphatic hydroxyl groups excluding tert-OH is 1. The van der Waals surface area contributed by atoms with Gasteiger partial charge in [0.1, 0.15) is 18.5 Å². The fourth-order valence-electron chi connectivity index (χ4n) is 4.69. The molecule has 2 aromatic rings. The smallest absolute Gasteiger partial charge is 0.176 e. The van der Waals surface area contributed by atoms with E-state index in [1.807, 2.05) is 12.1 Å². The molecule has 0 amide bonds. The molecule has 1 fully saturated rings. The van der Waals surface area contributed by atoms with E-state index in [0.717, 1.165) is 29.9 Å². The molecule has 1 aliphatic heterocycles. The summed E-state index contributed by atoms with van der Waals surface area (Å²) in [6.07, 6.45) is 7.79. The van der Waals surface area contributed by atoms with Crippen molar-refractivity contribution in [2.24, 2.45) is 0 Å². The van der Waals surface area contributed by atoms with Crippen molar-refractivity contribution in [2.75, 3.05) is 13.2 Å². The quantitative estimate of drug-likeness (QED) is 0.866. The van der Waals surface area contributed by atoms with Gasteiger partial charge in [-0.3, -0.25) is 4.90 Å². The molecule has 1 aromatic heterocycles. The Morgan fingerprint density at radius 3 is 2.73 bits per heavy atom. The Kier molecular flexibility index (Phi) is 5.23. The van der Waals surface area contributed by atoms with Crippen molar-refractivity contribution in [1.29, 1.82) is 0 Å². The lowest BCUT2D eigenvalue weighted by molar-refractivity contribution is 0.0210. The molecule has 26 heavy (non-hydrogen) atoms. The minimum Gasteiger partial charge on any atom is -0.487 e. The fraction of sp³-hybridized carbons (Fsp3) is 0.636. The molecule has 0 unspecified atom stereocenters.